The first-order chi connectivity index (χ1) is 23.4. The van der Waals surface area contributed by atoms with Gasteiger partial charge < -0.3 is 21.1 Å². The van der Waals surface area contributed by atoms with Gasteiger partial charge in [0.05, 0.1) is 25.4 Å². The predicted molar refractivity (Wildman–Crippen MR) is 203 cm³/mol. The van der Waals surface area contributed by atoms with Crippen molar-refractivity contribution < 1.29 is 28.4 Å². The number of allylic oxidation sites excluding steroid dienone is 8. The quantitative estimate of drug-likeness (QED) is 0.0295. The van der Waals surface area contributed by atoms with Gasteiger partial charge >= 0.3 is 7.82 Å². The molecule has 0 aliphatic heterocycles. The lowest BCUT2D eigenvalue weighted by Crippen LogP contribution is -2.46. The molecule has 0 aromatic rings. The van der Waals surface area contributed by atoms with Crippen LogP contribution in [0.5, 0.6) is 0 Å². The molecule has 0 rings (SSSR count). The van der Waals surface area contributed by atoms with Gasteiger partial charge in [-0.05, 0) is 51.4 Å². The molecule has 9 heteroatoms. The highest BCUT2D eigenvalue weighted by Crippen LogP contribution is 2.43. The van der Waals surface area contributed by atoms with E-state index in [1.165, 1.54) is 57.8 Å². The molecule has 48 heavy (non-hydrogen) atoms. The van der Waals surface area contributed by atoms with Crippen LogP contribution in [0.25, 0.3) is 0 Å². The summed E-state index contributed by atoms with van der Waals surface area (Å²) in [4.78, 5) is 22.6. The van der Waals surface area contributed by atoms with Gasteiger partial charge in [-0.3, -0.25) is 13.8 Å². The molecule has 0 saturated heterocycles. The summed E-state index contributed by atoms with van der Waals surface area (Å²) in [7, 11) is -4.32. The Hall–Kier alpha value is -1.54. The van der Waals surface area contributed by atoms with Crippen molar-refractivity contribution in [1.29, 1.82) is 0 Å². The maximum absolute atomic E-state index is 12.7. The summed E-state index contributed by atoms with van der Waals surface area (Å²) in [6, 6.07) is -0.787. The topological polar surface area (TPSA) is 131 Å². The normalized spacial score (nSPS) is 14.9. The van der Waals surface area contributed by atoms with Crippen molar-refractivity contribution in [3.8, 4) is 0 Å². The lowest BCUT2D eigenvalue weighted by molar-refractivity contribution is -0.123. The molecule has 8 nitrogen and oxygen atoms in total. The average molecular weight is 697 g/mol. The minimum Gasteiger partial charge on any atom is -0.391 e. The minimum absolute atomic E-state index is 0.0824. The highest BCUT2D eigenvalue weighted by atomic mass is 31.2. The van der Waals surface area contributed by atoms with Gasteiger partial charge in [0.25, 0.3) is 0 Å². The van der Waals surface area contributed by atoms with Crippen molar-refractivity contribution in [3.63, 3.8) is 0 Å². The van der Waals surface area contributed by atoms with Crippen LogP contribution >= 0.6 is 7.82 Å². The number of nitrogens with two attached hydrogens (primary N) is 1. The molecule has 0 aromatic heterocycles. The third-order valence-electron chi connectivity index (χ3n) is 8.20. The third kappa shape index (κ3) is 33.0. The zero-order valence-corrected chi connectivity index (χ0v) is 31.6. The number of nitrogens with one attached hydrogen (secondary N) is 1. The van der Waals surface area contributed by atoms with E-state index in [1.807, 2.05) is 0 Å². The summed E-state index contributed by atoms with van der Waals surface area (Å²) in [5.41, 5.74) is 5.36. The van der Waals surface area contributed by atoms with E-state index in [4.69, 9.17) is 14.8 Å². The van der Waals surface area contributed by atoms with Gasteiger partial charge in [-0.15, -0.1) is 0 Å². The summed E-state index contributed by atoms with van der Waals surface area (Å²) in [5.74, 6) is -0.188. The van der Waals surface area contributed by atoms with Gasteiger partial charge in [-0.2, -0.15) is 0 Å². The average Bonchev–Trinajstić information content (AvgIpc) is 3.07. The summed E-state index contributed by atoms with van der Waals surface area (Å²) >= 11 is 0. The van der Waals surface area contributed by atoms with Gasteiger partial charge in [0.15, 0.2) is 0 Å². The first-order valence-corrected chi connectivity index (χ1v) is 20.7. The van der Waals surface area contributed by atoms with E-state index in [0.29, 0.717) is 12.8 Å². The molecule has 0 aromatic carbocycles. The van der Waals surface area contributed by atoms with E-state index in [9.17, 15) is 19.4 Å². The fraction of sp³-hybridized carbons (Fsp3) is 0.769. The molecule has 0 heterocycles. The molecule has 5 N–H and O–H groups in total. The molecule has 0 radical (unpaired) electrons. The van der Waals surface area contributed by atoms with Crippen molar-refractivity contribution >= 4 is 13.7 Å². The second-order valence-corrected chi connectivity index (χ2v) is 14.2. The number of aliphatic hydroxyl groups excluding tert-OH is 1. The Bertz CT molecular complexity index is 892. The second-order valence-electron chi connectivity index (χ2n) is 12.8. The molecule has 0 spiro atoms. The van der Waals surface area contributed by atoms with Crippen LogP contribution in [-0.2, 0) is 18.4 Å². The SMILES string of the molecule is CC/C=C\C/C=C\C/C=C\C/C=C\CCCCCCC(=O)NC(COP(=O)(O)OCCN)C(O)CCCCCCCCCCCCCC. The number of unbranched alkanes of at least 4 members (excludes halogenated alkanes) is 15. The van der Waals surface area contributed by atoms with Gasteiger partial charge in [0.2, 0.25) is 5.91 Å². The first-order valence-electron chi connectivity index (χ1n) is 19.3. The van der Waals surface area contributed by atoms with E-state index in [1.54, 1.807) is 0 Å². The highest BCUT2D eigenvalue weighted by molar-refractivity contribution is 7.47. The molecule has 1 amide bonds. The number of phosphoric acid groups is 1. The summed E-state index contributed by atoms with van der Waals surface area (Å²) in [5, 5.41) is 13.7. The number of phosphoric ester groups is 1. The van der Waals surface area contributed by atoms with Crippen LogP contribution in [0.3, 0.4) is 0 Å². The van der Waals surface area contributed by atoms with E-state index < -0.39 is 20.0 Å². The van der Waals surface area contributed by atoms with E-state index >= 15 is 0 Å². The van der Waals surface area contributed by atoms with E-state index in [-0.39, 0.29) is 25.7 Å². The van der Waals surface area contributed by atoms with Crippen molar-refractivity contribution in [2.45, 2.75) is 174 Å². The smallest absolute Gasteiger partial charge is 0.391 e. The molecular formula is C39H73N2O6P. The van der Waals surface area contributed by atoms with Crippen LogP contribution in [0, 0.1) is 0 Å². The summed E-state index contributed by atoms with van der Waals surface area (Å²) < 4.78 is 22.1. The molecular weight excluding hydrogens is 623 g/mol. The zero-order chi connectivity index (χ0) is 35.4. The van der Waals surface area contributed by atoms with Gasteiger partial charge in [-0.25, -0.2) is 4.57 Å². The van der Waals surface area contributed by atoms with Crippen LogP contribution in [0.4, 0.5) is 0 Å². The van der Waals surface area contributed by atoms with Crippen LogP contribution in [0.15, 0.2) is 48.6 Å². The van der Waals surface area contributed by atoms with Crippen molar-refractivity contribution in [2.75, 3.05) is 19.8 Å². The fourth-order valence-electron chi connectivity index (χ4n) is 5.30. The van der Waals surface area contributed by atoms with Crippen LogP contribution < -0.4 is 11.1 Å². The maximum Gasteiger partial charge on any atom is 0.472 e. The van der Waals surface area contributed by atoms with E-state index in [2.05, 4.69) is 67.8 Å². The maximum atomic E-state index is 12.7. The molecule has 0 saturated carbocycles. The molecule has 0 fully saturated rings. The third-order valence-corrected chi connectivity index (χ3v) is 9.18. The lowest BCUT2D eigenvalue weighted by Gasteiger charge is -2.25. The van der Waals surface area contributed by atoms with Gasteiger partial charge in [0.1, 0.15) is 0 Å². The fourth-order valence-corrected chi connectivity index (χ4v) is 6.06. The zero-order valence-electron chi connectivity index (χ0n) is 30.7. The Morgan fingerprint density at radius 1 is 0.708 bits per heavy atom. The van der Waals surface area contributed by atoms with Gasteiger partial charge in [-0.1, -0.05) is 152 Å². The number of hydrogen-bond donors (Lipinski definition) is 4. The second kappa shape index (κ2) is 35.3. The Morgan fingerprint density at radius 3 is 1.77 bits per heavy atom. The van der Waals surface area contributed by atoms with Crippen molar-refractivity contribution in [1.82, 2.24) is 5.32 Å². The summed E-state index contributed by atoms with van der Waals surface area (Å²) in [6.07, 6.45) is 41.1. The Balaban J connectivity index is 4.30. The molecule has 280 valence electrons. The number of hydrogen-bond acceptors (Lipinski definition) is 6. The Kier molecular flexibility index (Phi) is 34.2. The van der Waals surface area contributed by atoms with Crippen molar-refractivity contribution in [2.24, 2.45) is 5.73 Å². The minimum atomic E-state index is -4.32. The van der Waals surface area contributed by atoms with E-state index in [0.717, 1.165) is 77.0 Å². The van der Waals surface area contributed by atoms with Crippen LogP contribution in [0.2, 0.25) is 0 Å². The highest BCUT2D eigenvalue weighted by Gasteiger charge is 2.27. The first kappa shape index (κ1) is 46.5. The Labute approximate surface area is 294 Å². The number of carbonyl (C=O) groups excluding carboxylic acids is 1. The number of aliphatic hydroxyl groups is 1. The number of rotatable bonds is 35. The molecule has 3 atom stereocenters. The molecule has 0 bridgehead atoms. The molecule has 0 aliphatic rings. The monoisotopic (exact) mass is 697 g/mol. The van der Waals surface area contributed by atoms with Crippen LogP contribution in [0.1, 0.15) is 162 Å². The molecule has 0 aliphatic carbocycles. The van der Waals surface area contributed by atoms with Crippen LogP contribution in [-0.4, -0.2) is 47.8 Å². The van der Waals surface area contributed by atoms with Gasteiger partial charge in [0, 0.05) is 13.0 Å². The predicted octanol–water partition coefficient (Wildman–Crippen LogP) is 10.2. The lowest BCUT2D eigenvalue weighted by atomic mass is 10.0. The molecule has 3 unspecified atom stereocenters. The number of amides is 1. The summed E-state index contributed by atoms with van der Waals surface area (Å²) in [6.45, 7) is 4.05. The largest absolute Gasteiger partial charge is 0.472 e. The number of carbonyl (C=O) groups is 1. The standard InChI is InChI=1S/C39H73N2O6P/c1-3-5-7-9-11-13-15-17-18-19-20-21-23-25-27-29-31-33-39(43)41-37(36-47-48(44,45)46-35-34-40)38(42)32-30-28-26-24-22-16-14-12-10-8-6-4-2/h5,7,11,13,17-18,20-21,37-38,42H,3-4,6,8-10,12,14-16,19,22-36,40H2,1-2H3,(H,41,43)(H,44,45)/b7-5-,13-11-,18-17-,21-20-. The van der Waals surface area contributed by atoms with Crippen molar-refractivity contribution in [3.05, 3.63) is 48.6 Å². The Morgan fingerprint density at radius 2 is 1.21 bits per heavy atom.